The number of ether oxygens (including phenoxy) is 2. The Kier molecular flexibility index (Phi) is 4.95. The molecule has 0 bridgehead atoms. The molecular formula is C15H20N2O2. The summed E-state index contributed by atoms with van der Waals surface area (Å²) in [5, 5.41) is 0. The maximum Gasteiger partial charge on any atom is 0.209 e. The van der Waals surface area contributed by atoms with Crippen LogP contribution in [0.5, 0.6) is 0 Å². The van der Waals surface area contributed by atoms with Gasteiger partial charge in [0, 0.05) is 6.42 Å². The largest absolute Gasteiger partial charge is 0.480 e. The summed E-state index contributed by atoms with van der Waals surface area (Å²) in [6, 6.07) is 10.2. The van der Waals surface area contributed by atoms with Crippen LogP contribution in [0.25, 0.3) is 0 Å². The molecule has 0 saturated heterocycles. The second kappa shape index (κ2) is 6.92. The van der Waals surface area contributed by atoms with Crippen LogP contribution >= 0.6 is 0 Å². The summed E-state index contributed by atoms with van der Waals surface area (Å²) < 4.78 is 11.0. The van der Waals surface area contributed by atoms with Crippen LogP contribution in [0.15, 0.2) is 40.3 Å². The molecule has 102 valence electrons. The first kappa shape index (κ1) is 13.6. The van der Waals surface area contributed by atoms with Gasteiger partial charge in [0.25, 0.3) is 0 Å². The average molecular weight is 260 g/mol. The summed E-state index contributed by atoms with van der Waals surface area (Å²) in [5.41, 5.74) is 1.22. The topological polar surface area (TPSA) is 43.2 Å². The van der Waals surface area contributed by atoms with Crippen molar-refractivity contribution >= 4 is 11.8 Å². The molecule has 4 nitrogen and oxygen atoms in total. The van der Waals surface area contributed by atoms with E-state index in [0.717, 1.165) is 12.3 Å². The minimum atomic E-state index is -0.0716. The van der Waals surface area contributed by atoms with Crippen molar-refractivity contribution in [3.63, 3.8) is 0 Å². The summed E-state index contributed by atoms with van der Waals surface area (Å²) in [6.07, 6.45) is 0.788. The van der Waals surface area contributed by atoms with E-state index in [-0.39, 0.29) is 6.04 Å². The van der Waals surface area contributed by atoms with Gasteiger partial charge in [-0.25, -0.2) is 9.98 Å². The highest BCUT2D eigenvalue weighted by atomic mass is 16.5. The Morgan fingerprint density at radius 2 is 1.84 bits per heavy atom. The minimum Gasteiger partial charge on any atom is -0.480 e. The van der Waals surface area contributed by atoms with Crippen molar-refractivity contribution < 1.29 is 9.47 Å². The lowest BCUT2D eigenvalue weighted by molar-refractivity contribution is 0.293. The van der Waals surface area contributed by atoms with Crippen molar-refractivity contribution in [2.75, 3.05) is 19.8 Å². The molecule has 0 amide bonds. The molecule has 0 spiro atoms. The molecule has 19 heavy (non-hydrogen) atoms. The summed E-state index contributed by atoms with van der Waals surface area (Å²) in [4.78, 5) is 9.04. The Morgan fingerprint density at radius 1 is 1.11 bits per heavy atom. The van der Waals surface area contributed by atoms with Gasteiger partial charge in [0.1, 0.15) is 12.6 Å². The van der Waals surface area contributed by atoms with Crippen LogP contribution in [0, 0.1) is 0 Å². The van der Waals surface area contributed by atoms with Crippen LogP contribution in [0.4, 0.5) is 0 Å². The molecule has 0 aromatic heterocycles. The van der Waals surface area contributed by atoms with Gasteiger partial charge in [0.15, 0.2) is 0 Å². The van der Waals surface area contributed by atoms with Crippen molar-refractivity contribution in [1.82, 2.24) is 0 Å². The van der Waals surface area contributed by atoms with Crippen LogP contribution in [0.3, 0.4) is 0 Å². The van der Waals surface area contributed by atoms with Gasteiger partial charge in [0.2, 0.25) is 11.8 Å². The molecule has 1 aliphatic rings. The monoisotopic (exact) mass is 260 g/mol. The van der Waals surface area contributed by atoms with E-state index in [1.54, 1.807) is 0 Å². The van der Waals surface area contributed by atoms with Crippen LogP contribution < -0.4 is 0 Å². The highest BCUT2D eigenvalue weighted by Crippen LogP contribution is 2.12. The minimum absolute atomic E-state index is 0.0716. The molecule has 0 radical (unpaired) electrons. The lowest BCUT2D eigenvalue weighted by Crippen LogP contribution is -2.31. The maximum absolute atomic E-state index is 5.58. The summed E-state index contributed by atoms with van der Waals surface area (Å²) in [7, 11) is 0. The zero-order valence-electron chi connectivity index (χ0n) is 11.5. The Morgan fingerprint density at radius 3 is 2.53 bits per heavy atom. The second-order valence-corrected chi connectivity index (χ2v) is 4.25. The van der Waals surface area contributed by atoms with Gasteiger partial charge in [-0.15, -0.1) is 0 Å². The third kappa shape index (κ3) is 3.81. The van der Waals surface area contributed by atoms with Crippen LogP contribution in [-0.4, -0.2) is 37.6 Å². The Balaban J connectivity index is 2.11. The molecule has 0 N–H and O–H groups in total. The summed E-state index contributed by atoms with van der Waals surface area (Å²) >= 11 is 0. The van der Waals surface area contributed by atoms with Crippen molar-refractivity contribution in [2.24, 2.45) is 9.98 Å². The van der Waals surface area contributed by atoms with E-state index in [2.05, 4.69) is 22.1 Å². The molecule has 1 unspecified atom stereocenters. The molecule has 1 heterocycles. The van der Waals surface area contributed by atoms with E-state index in [1.807, 2.05) is 32.0 Å². The molecule has 0 saturated carbocycles. The van der Waals surface area contributed by atoms with Gasteiger partial charge in [-0.2, -0.15) is 0 Å². The van der Waals surface area contributed by atoms with E-state index < -0.39 is 0 Å². The molecule has 2 rings (SSSR count). The maximum atomic E-state index is 5.58. The molecule has 1 aromatic rings. The first-order chi connectivity index (χ1) is 9.33. The van der Waals surface area contributed by atoms with Gasteiger partial charge in [-0.1, -0.05) is 30.3 Å². The predicted molar refractivity (Wildman–Crippen MR) is 76.9 cm³/mol. The highest BCUT2D eigenvalue weighted by molar-refractivity contribution is 5.92. The normalized spacial score (nSPS) is 18.5. The van der Waals surface area contributed by atoms with Gasteiger partial charge in [-0.3, -0.25) is 0 Å². The van der Waals surface area contributed by atoms with E-state index in [9.17, 15) is 0 Å². The van der Waals surface area contributed by atoms with E-state index in [4.69, 9.17) is 9.47 Å². The second-order valence-electron chi connectivity index (χ2n) is 4.25. The van der Waals surface area contributed by atoms with Gasteiger partial charge >= 0.3 is 0 Å². The third-order valence-corrected chi connectivity index (χ3v) is 2.83. The fraction of sp³-hybridized carbons (Fsp3) is 0.467. The van der Waals surface area contributed by atoms with Gasteiger partial charge in [0.05, 0.1) is 13.2 Å². The number of benzene rings is 1. The average Bonchev–Trinajstić information content (AvgIpc) is 2.43. The SMILES string of the molecule is CCOC1=NC(Cc2ccccc2)C(OCC)=NC1. The predicted octanol–water partition coefficient (Wildman–Crippen LogP) is 2.48. The first-order valence-electron chi connectivity index (χ1n) is 6.74. The quantitative estimate of drug-likeness (QED) is 0.834. The Bertz CT molecular complexity index is 454. The van der Waals surface area contributed by atoms with Crippen LogP contribution in [0.1, 0.15) is 19.4 Å². The van der Waals surface area contributed by atoms with E-state index >= 15 is 0 Å². The summed E-state index contributed by atoms with van der Waals surface area (Å²) in [5.74, 6) is 1.42. The summed E-state index contributed by atoms with van der Waals surface area (Å²) in [6.45, 7) is 5.63. The molecule has 4 heteroatoms. The number of aliphatic imine (C=N–C) groups is 2. The fourth-order valence-electron chi connectivity index (χ4n) is 2.03. The van der Waals surface area contributed by atoms with Crippen molar-refractivity contribution in [3.8, 4) is 0 Å². The molecule has 0 fully saturated rings. The fourth-order valence-corrected chi connectivity index (χ4v) is 2.03. The molecule has 1 atom stereocenters. The van der Waals surface area contributed by atoms with Gasteiger partial charge in [-0.05, 0) is 19.4 Å². The number of rotatable bonds is 4. The van der Waals surface area contributed by atoms with Crippen molar-refractivity contribution in [3.05, 3.63) is 35.9 Å². The number of hydrogen-bond donors (Lipinski definition) is 0. The highest BCUT2D eigenvalue weighted by Gasteiger charge is 2.22. The van der Waals surface area contributed by atoms with E-state index in [1.165, 1.54) is 5.56 Å². The van der Waals surface area contributed by atoms with Gasteiger partial charge < -0.3 is 9.47 Å². The van der Waals surface area contributed by atoms with Crippen molar-refractivity contribution in [1.29, 1.82) is 0 Å². The van der Waals surface area contributed by atoms with Crippen molar-refractivity contribution in [2.45, 2.75) is 26.3 Å². The smallest absolute Gasteiger partial charge is 0.209 e. The Labute approximate surface area is 114 Å². The van der Waals surface area contributed by atoms with Crippen LogP contribution in [0.2, 0.25) is 0 Å². The number of hydrogen-bond acceptors (Lipinski definition) is 4. The molecule has 1 aromatic carbocycles. The van der Waals surface area contributed by atoms with E-state index in [0.29, 0.717) is 25.7 Å². The molecule has 1 aliphatic heterocycles. The molecular weight excluding hydrogens is 240 g/mol. The number of nitrogens with zero attached hydrogens (tertiary/aromatic N) is 2. The zero-order chi connectivity index (χ0) is 13.5. The third-order valence-electron chi connectivity index (χ3n) is 2.83. The lowest BCUT2D eigenvalue weighted by Gasteiger charge is -2.21. The lowest BCUT2D eigenvalue weighted by atomic mass is 10.1. The first-order valence-corrected chi connectivity index (χ1v) is 6.74. The van der Waals surface area contributed by atoms with Crippen LogP contribution in [-0.2, 0) is 15.9 Å². The molecule has 0 aliphatic carbocycles. The zero-order valence-corrected chi connectivity index (χ0v) is 11.5. The standard InChI is InChI=1S/C15H20N2O2/c1-3-18-14-11-16-15(19-4-2)13(17-14)10-12-8-6-5-7-9-12/h5-9,13H,3-4,10-11H2,1-2H3. The Hall–Kier alpha value is -1.84.